The van der Waals surface area contributed by atoms with Crippen molar-refractivity contribution in [1.82, 2.24) is 0 Å². The van der Waals surface area contributed by atoms with E-state index in [2.05, 4.69) is 26.1 Å². The van der Waals surface area contributed by atoms with Crippen LogP contribution in [0.4, 0.5) is 11.4 Å². The molecule has 4 heteroatoms. The van der Waals surface area contributed by atoms with Crippen LogP contribution < -0.4 is 10.2 Å². The average molecular weight is 269 g/mol. The maximum absolute atomic E-state index is 11.1. The Balaban J connectivity index is 2.32. The first kappa shape index (κ1) is 10.5. The minimum atomic E-state index is 0.197. The highest BCUT2D eigenvalue weighted by Crippen LogP contribution is 2.31. The van der Waals surface area contributed by atoms with E-state index in [4.69, 9.17) is 0 Å². The standard InChI is InChI=1S/C11H13BrN2O/c1-8(15)7-14-5-4-13-10-3-2-9(12)6-11(10)14/h2-3,6,13H,4-5,7H2,1H3. The van der Waals surface area contributed by atoms with Crippen molar-refractivity contribution in [2.24, 2.45) is 0 Å². The van der Waals surface area contributed by atoms with Gasteiger partial charge in [-0.25, -0.2) is 0 Å². The van der Waals surface area contributed by atoms with E-state index in [-0.39, 0.29) is 5.78 Å². The fourth-order valence-corrected chi connectivity index (χ4v) is 2.14. The van der Waals surface area contributed by atoms with Gasteiger partial charge in [0.15, 0.2) is 0 Å². The van der Waals surface area contributed by atoms with Crippen LogP contribution >= 0.6 is 15.9 Å². The monoisotopic (exact) mass is 268 g/mol. The summed E-state index contributed by atoms with van der Waals surface area (Å²) in [5.74, 6) is 0.197. The molecule has 3 nitrogen and oxygen atoms in total. The molecule has 0 fully saturated rings. The van der Waals surface area contributed by atoms with Crippen molar-refractivity contribution in [3.05, 3.63) is 22.7 Å². The van der Waals surface area contributed by atoms with E-state index >= 15 is 0 Å². The molecular weight excluding hydrogens is 256 g/mol. The summed E-state index contributed by atoms with van der Waals surface area (Å²) in [5.41, 5.74) is 2.21. The number of anilines is 2. The minimum Gasteiger partial charge on any atom is -0.382 e. The topological polar surface area (TPSA) is 32.3 Å². The first-order chi connectivity index (χ1) is 7.16. The smallest absolute Gasteiger partial charge is 0.149 e. The third-order valence-corrected chi connectivity index (χ3v) is 2.90. The zero-order valence-electron chi connectivity index (χ0n) is 8.59. The third-order valence-electron chi connectivity index (χ3n) is 2.41. The number of nitrogens with zero attached hydrogens (tertiary/aromatic N) is 1. The van der Waals surface area contributed by atoms with Crippen LogP contribution in [0.3, 0.4) is 0 Å². The van der Waals surface area contributed by atoms with Crippen LogP contribution in [-0.2, 0) is 4.79 Å². The Morgan fingerprint density at radius 1 is 1.60 bits per heavy atom. The first-order valence-corrected chi connectivity index (χ1v) is 5.74. The van der Waals surface area contributed by atoms with Crippen molar-refractivity contribution in [3.8, 4) is 0 Å². The summed E-state index contributed by atoms with van der Waals surface area (Å²) in [6, 6.07) is 6.08. The molecule has 0 amide bonds. The Kier molecular flexibility index (Phi) is 2.95. The summed E-state index contributed by atoms with van der Waals surface area (Å²) in [4.78, 5) is 13.2. The number of Topliss-reactive ketones (excluding diaryl/α,β-unsaturated/α-hetero) is 1. The van der Waals surface area contributed by atoms with E-state index in [1.165, 1.54) is 0 Å². The largest absolute Gasteiger partial charge is 0.382 e. The van der Waals surface area contributed by atoms with Crippen molar-refractivity contribution in [2.75, 3.05) is 29.9 Å². The lowest BCUT2D eigenvalue weighted by Crippen LogP contribution is -2.37. The van der Waals surface area contributed by atoms with E-state index in [0.717, 1.165) is 28.9 Å². The molecule has 1 aliphatic rings. The van der Waals surface area contributed by atoms with Gasteiger partial charge in [0.1, 0.15) is 5.78 Å². The fraction of sp³-hybridized carbons (Fsp3) is 0.364. The molecule has 1 heterocycles. The number of carbonyl (C=O) groups is 1. The number of benzene rings is 1. The van der Waals surface area contributed by atoms with Gasteiger partial charge in [-0.1, -0.05) is 15.9 Å². The first-order valence-electron chi connectivity index (χ1n) is 4.94. The number of hydrogen-bond donors (Lipinski definition) is 1. The second kappa shape index (κ2) is 4.23. The Hall–Kier alpha value is -1.03. The van der Waals surface area contributed by atoms with Gasteiger partial charge in [-0.15, -0.1) is 0 Å². The van der Waals surface area contributed by atoms with E-state index < -0.39 is 0 Å². The van der Waals surface area contributed by atoms with Crippen molar-refractivity contribution in [2.45, 2.75) is 6.92 Å². The molecule has 0 radical (unpaired) electrons. The van der Waals surface area contributed by atoms with E-state index in [0.29, 0.717) is 6.54 Å². The molecule has 0 aliphatic carbocycles. The van der Waals surface area contributed by atoms with Gasteiger partial charge >= 0.3 is 0 Å². The molecule has 1 aromatic rings. The molecule has 0 saturated heterocycles. The molecule has 0 aromatic heterocycles. The number of rotatable bonds is 2. The number of hydrogen-bond acceptors (Lipinski definition) is 3. The number of ketones is 1. The van der Waals surface area contributed by atoms with E-state index in [1.54, 1.807) is 6.92 Å². The Morgan fingerprint density at radius 3 is 3.13 bits per heavy atom. The summed E-state index contributed by atoms with van der Waals surface area (Å²) < 4.78 is 1.04. The Labute approximate surface area is 97.6 Å². The Morgan fingerprint density at radius 2 is 2.40 bits per heavy atom. The van der Waals surface area contributed by atoms with Crippen LogP contribution in [0.2, 0.25) is 0 Å². The fourth-order valence-electron chi connectivity index (χ4n) is 1.79. The van der Waals surface area contributed by atoms with Crippen LogP contribution in [-0.4, -0.2) is 25.4 Å². The molecule has 1 N–H and O–H groups in total. The summed E-state index contributed by atoms with van der Waals surface area (Å²) in [5, 5.41) is 3.32. The molecule has 0 saturated carbocycles. The molecule has 15 heavy (non-hydrogen) atoms. The normalized spacial score (nSPS) is 14.4. The molecule has 0 atom stereocenters. The van der Waals surface area contributed by atoms with E-state index in [1.807, 2.05) is 18.2 Å². The van der Waals surface area contributed by atoms with Crippen LogP contribution in [0.25, 0.3) is 0 Å². The lowest BCUT2D eigenvalue weighted by Gasteiger charge is -2.31. The van der Waals surface area contributed by atoms with Gasteiger partial charge < -0.3 is 10.2 Å². The molecule has 80 valence electrons. The highest BCUT2D eigenvalue weighted by atomic mass is 79.9. The quantitative estimate of drug-likeness (QED) is 0.893. The molecule has 2 rings (SSSR count). The predicted octanol–water partition coefficient (Wildman–Crippen LogP) is 2.27. The van der Waals surface area contributed by atoms with Crippen LogP contribution in [0.15, 0.2) is 22.7 Å². The summed E-state index contributed by atoms with van der Waals surface area (Å²) >= 11 is 3.44. The van der Waals surface area contributed by atoms with Crippen molar-refractivity contribution in [1.29, 1.82) is 0 Å². The summed E-state index contributed by atoms with van der Waals surface area (Å²) in [6.07, 6.45) is 0. The number of nitrogens with one attached hydrogen (secondary N) is 1. The molecule has 1 aromatic carbocycles. The average Bonchev–Trinajstić information content (AvgIpc) is 2.18. The van der Waals surface area contributed by atoms with Crippen LogP contribution in [0.5, 0.6) is 0 Å². The summed E-state index contributed by atoms with van der Waals surface area (Å²) in [6.45, 7) is 3.88. The zero-order chi connectivity index (χ0) is 10.8. The molecular formula is C11H13BrN2O. The van der Waals surface area contributed by atoms with Crippen LogP contribution in [0.1, 0.15) is 6.92 Å². The lowest BCUT2D eigenvalue weighted by molar-refractivity contribution is -0.115. The maximum Gasteiger partial charge on any atom is 0.149 e. The molecule has 0 bridgehead atoms. The predicted molar refractivity (Wildman–Crippen MR) is 65.5 cm³/mol. The van der Waals surface area contributed by atoms with Gasteiger partial charge in [-0.2, -0.15) is 0 Å². The van der Waals surface area contributed by atoms with Crippen molar-refractivity contribution >= 4 is 33.1 Å². The number of carbonyl (C=O) groups excluding carboxylic acids is 1. The molecule has 0 unspecified atom stereocenters. The van der Waals surface area contributed by atoms with Gasteiger partial charge in [-0.3, -0.25) is 4.79 Å². The van der Waals surface area contributed by atoms with Gasteiger partial charge in [0, 0.05) is 17.6 Å². The third kappa shape index (κ3) is 2.31. The van der Waals surface area contributed by atoms with Gasteiger partial charge in [0.25, 0.3) is 0 Å². The Bertz CT molecular complexity index is 392. The second-order valence-corrected chi connectivity index (χ2v) is 4.63. The lowest BCUT2D eigenvalue weighted by atomic mass is 10.2. The van der Waals surface area contributed by atoms with Crippen molar-refractivity contribution in [3.63, 3.8) is 0 Å². The molecule has 0 spiro atoms. The van der Waals surface area contributed by atoms with Gasteiger partial charge in [0.2, 0.25) is 0 Å². The minimum absolute atomic E-state index is 0.197. The number of halogens is 1. The van der Waals surface area contributed by atoms with Crippen LogP contribution in [0, 0.1) is 0 Å². The van der Waals surface area contributed by atoms with E-state index in [9.17, 15) is 4.79 Å². The highest BCUT2D eigenvalue weighted by molar-refractivity contribution is 9.10. The highest BCUT2D eigenvalue weighted by Gasteiger charge is 2.17. The second-order valence-electron chi connectivity index (χ2n) is 3.71. The maximum atomic E-state index is 11.1. The SMILES string of the molecule is CC(=O)CN1CCNc2ccc(Br)cc21. The summed E-state index contributed by atoms with van der Waals surface area (Å²) in [7, 11) is 0. The molecule has 1 aliphatic heterocycles. The van der Waals surface area contributed by atoms with Crippen molar-refractivity contribution < 1.29 is 4.79 Å². The zero-order valence-corrected chi connectivity index (χ0v) is 10.2. The number of fused-ring (bicyclic) bond motifs is 1. The van der Waals surface area contributed by atoms with Gasteiger partial charge in [-0.05, 0) is 25.1 Å². The van der Waals surface area contributed by atoms with Gasteiger partial charge in [0.05, 0.1) is 17.9 Å².